The number of amides is 1. The highest BCUT2D eigenvalue weighted by molar-refractivity contribution is 6.00. The van der Waals surface area contributed by atoms with Crippen LogP contribution in [0.3, 0.4) is 0 Å². The van der Waals surface area contributed by atoms with Gasteiger partial charge in [-0.3, -0.25) is 9.59 Å². The summed E-state index contributed by atoms with van der Waals surface area (Å²) in [4.78, 5) is 29.0. The molecule has 4 rings (SSSR count). The molecule has 3 N–H and O–H groups in total. The summed E-state index contributed by atoms with van der Waals surface area (Å²) in [6.45, 7) is 5.98. The van der Waals surface area contributed by atoms with Gasteiger partial charge in [0.25, 0.3) is 5.91 Å². The van der Waals surface area contributed by atoms with E-state index < -0.39 is 12.0 Å². The first-order valence-electron chi connectivity index (χ1n) is 11.0. The smallest absolute Gasteiger partial charge is 0.310 e. The van der Waals surface area contributed by atoms with Gasteiger partial charge >= 0.3 is 5.97 Å². The molecular formula is C26H28N2O4. The fourth-order valence-electron chi connectivity index (χ4n) is 4.47. The highest BCUT2D eigenvalue weighted by Crippen LogP contribution is 2.40. The molecule has 166 valence electrons. The van der Waals surface area contributed by atoms with Gasteiger partial charge in [0.15, 0.2) is 0 Å². The van der Waals surface area contributed by atoms with Gasteiger partial charge in [0.2, 0.25) is 0 Å². The lowest BCUT2D eigenvalue weighted by Crippen LogP contribution is -2.33. The van der Waals surface area contributed by atoms with E-state index in [4.69, 9.17) is 4.74 Å². The maximum atomic E-state index is 13.1. The van der Waals surface area contributed by atoms with Crippen molar-refractivity contribution in [2.75, 3.05) is 6.61 Å². The van der Waals surface area contributed by atoms with Crippen LogP contribution in [0.15, 0.2) is 65.9 Å². The number of benzene rings is 2. The molecule has 2 aromatic carbocycles. The Morgan fingerprint density at radius 1 is 1.09 bits per heavy atom. The zero-order valence-corrected chi connectivity index (χ0v) is 18.5. The third-order valence-electron chi connectivity index (χ3n) is 5.95. The summed E-state index contributed by atoms with van der Waals surface area (Å²) in [5, 5.41) is 14.9. The Kier molecular flexibility index (Phi) is 6.04. The Balaban J connectivity index is 1.96. The zero-order valence-electron chi connectivity index (χ0n) is 18.5. The summed E-state index contributed by atoms with van der Waals surface area (Å²) in [5.74, 6) is -1.10. The first-order valence-corrected chi connectivity index (χ1v) is 11.0. The van der Waals surface area contributed by atoms with Crippen LogP contribution in [0.1, 0.15) is 43.5 Å². The molecule has 2 heterocycles. The number of nitrogens with one attached hydrogen (secondary N) is 2. The highest BCUT2D eigenvalue weighted by Gasteiger charge is 2.40. The molecule has 2 unspecified atom stereocenters. The minimum Gasteiger partial charge on any atom is -0.510 e. The van der Waals surface area contributed by atoms with Gasteiger partial charge in [0.1, 0.15) is 5.76 Å². The molecule has 6 heteroatoms. The fraction of sp³-hybridized carbons (Fsp3) is 0.308. The molecule has 0 saturated heterocycles. The van der Waals surface area contributed by atoms with Gasteiger partial charge in [-0.1, -0.05) is 62.4 Å². The van der Waals surface area contributed by atoms with E-state index in [1.54, 1.807) is 6.92 Å². The summed E-state index contributed by atoms with van der Waals surface area (Å²) >= 11 is 0. The van der Waals surface area contributed by atoms with Crippen molar-refractivity contribution < 1.29 is 19.4 Å². The summed E-state index contributed by atoms with van der Waals surface area (Å²) in [6.07, 6.45) is 0.0692. The predicted molar refractivity (Wildman–Crippen MR) is 123 cm³/mol. The minimum absolute atomic E-state index is 0.0367. The van der Waals surface area contributed by atoms with Crippen molar-refractivity contribution in [1.29, 1.82) is 0 Å². The fourth-order valence-corrected chi connectivity index (χ4v) is 4.47. The van der Waals surface area contributed by atoms with Crippen molar-refractivity contribution in [2.24, 2.45) is 5.92 Å². The molecule has 2 atom stereocenters. The van der Waals surface area contributed by atoms with Gasteiger partial charge in [0.05, 0.1) is 30.6 Å². The summed E-state index contributed by atoms with van der Waals surface area (Å²) < 4.78 is 5.23. The molecule has 1 aliphatic heterocycles. The van der Waals surface area contributed by atoms with Crippen LogP contribution < -0.4 is 5.32 Å². The lowest BCUT2D eigenvalue weighted by molar-refractivity contribution is -0.142. The number of aliphatic hydroxyl groups excluding tert-OH is 1. The number of aliphatic hydroxyl groups is 1. The van der Waals surface area contributed by atoms with Crippen LogP contribution in [0.4, 0.5) is 0 Å². The second-order valence-corrected chi connectivity index (χ2v) is 8.38. The number of carbonyl (C=O) groups excluding carboxylic acids is 2. The summed E-state index contributed by atoms with van der Waals surface area (Å²) in [5.41, 5.74) is 3.51. The second-order valence-electron chi connectivity index (χ2n) is 8.38. The normalized spacial score (nSPS) is 17.1. The van der Waals surface area contributed by atoms with Gasteiger partial charge in [0, 0.05) is 16.6 Å². The van der Waals surface area contributed by atoms with E-state index in [0.29, 0.717) is 17.9 Å². The van der Waals surface area contributed by atoms with Gasteiger partial charge in [-0.05, 0) is 30.0 Å². The molecule has 6 nitrogen and oxygen atoms in total. The molecule has 32 heavy (non-hydrogen) atoms. The van der Waals surface area contributed by atoms with E-state index in [1.807, 2.05) is 68.4 Å². The van der Waals surface area contributed by atoms with Crippen LogP contribution in [-0.2, 0) is 20.7 Å². The molecule has 0 saturated carbocycles. The molecule has 0 spiro atoms. The average Bonchev–Trinajstić information content (AvgIpc) is 3.28. The Morgan fingerprint density at radius 2 is 1.78 bits per heavy atom. The van der Waals surface area contributed by atoms with Gasteiger partial charge in [-0.15, -0.1) is 0 Å². The first kappa shape index (κ1) is 21.7. The second kappa shape index (κ2) is 8.91. The van der Waals surface area contributed by atoms with Gasteiger partial charge < -0.3 is 20.1 Å². The van der Waals surface area contributed by atoms with Crippen LogP contribution in [0, 0.1) is 5.92 Å². The van der Waals surface area contributed by atoms with Crippen LogP contribution in [0.25, 0.3) is 10.9 Å². The van der Waals surface area contributed by atoms with E-state index in [2.05, 4.69) is 10.3 Å². The van der Waals surface area contributed by atoms with Gasteiger partial charge in [-0.2, -0.15) is 0 Å². The van der Waals surface area contributed by atoms with Crippen LogP contribution in [-0.4, -0.2) is 34.6 Å². The van der Waals surface area contributed by atoms with Crippen LogP contribution >= 0.6 is 0 Å². The summed E-state index contributed by atoms with van der Waals surface area (Å²) in [7, 11) is 0. The highest BCUT2D eigenvalue weighted by atomic mass is 16.5. The summed E-state index contributed by atoms with van der Waals surface area (Å²) in [6, 6.07) is 16.9. The number of carbonyl (C=O) groups is 2. The number of hydrogen-bond donors (Lipinski definition) is 3. The van der Waals surface area contributed by atoms with E-state index in [-0.39, 0.29) is 30.0 Å². The standard InChI is InChI=1S/C26H28N2O4/c1-4-32-20(29)14-18-17-12-8-9-13-19(17)27-24(18)21(16-10-6-5-7-11-16)22-25(30)23(15(2)3)28-26(22)31/h5-13,15,21,23,27,30H,4,14H2,1-3H3,(H,28,31). The van der Waals surface area contributed by atoms with Crippen molar-refractivity contribution in [3.63, 3.8) is 0 Å². The molecule has 3 aromatic rings. The molecule has 0 radical (unpaired) electrons. The topological polar surface area (TPSA) is 91.4 Å². The molecule has 0 bridgehead atoms. The first-order chi connectivity index (χ1) is 15.4. The molecule has 1 aliphatic rings. The Bertz CT molecular complexity index is 1180. The number of para-hydroxylation sites is 1. The Labute approximate surface area is 187 Å². The van der Waals surface area contributed by atoms with E-state index in [1.165, 1.54) is 0 Å². The molecular weight excluding hydrogens is 404 g/mol. The number of esters is 1. The Hall–Kier alpha value is -3.54. The molecule has 0 fully saturated rings. The third kappa shape index (κ3) is 3.88. The number of H-pyrrole nitrogens is 1. The Morgan fingerprint density at radius 3 is 2.44 bits per heavy atom. The number of aromatic nitrogens is 1. The largest absolute Gasteiger partial charge is 0.510 e. The number of fused-ring (bicyclic) bond motifs is 1. The quantitative estimate of drug-likeness (QED) is 0.484. The number of aromatic amines is 1. The number of rotatable bonds is 7. The molecule has 1 amide bonds. The zero-order chi connectivity index (χ0) is 22.8. The minimum atomic E-state index is -0.559. The monoisotopic (exact) mass is 432 g/mol. The van der Waals surface area contributed by atoms with E-state index >= 15 is 0 Å². The van der Waals surface area contributed by atoms with Crippen molar-refractivity contribution >= 4 is 22.8 Å². The molecule has 1 aromatic heterocycles. The lowest BCUT2D eigenvalue weighted by atomic mass is 9.84. The van der Waals surface area contributed by atoms with E-state index in [9.17, 15) is 14.7 Å². The van der Waals surface area contributed by atoms with Crippen molar-refractivity contribution in [2.45, 2.75) is 39.2 Å². The van der Waals surface area contributed by atoms with Crippen molar-refractivity contribution in [1.82, 2.24) is 10.3 Å². The van der Waals surface area contributed by atoms with E-state index in [0.717, 1.165) is 22.0 Å². The third-order valence-corrected chi connectivity index (χ3v) is 5.95. The molecule has 0 aliphatic carbocycles. The number of hydrogen-bond acceptors (Lipinski definition) is 4. The van der Waals surface area contributed by atoms with Crippen molar-refractivity contribution in [3.8, 4) is 0 Å². The SMILES string of the molecule is CCOC(=O)Cc1c(C(C2=C(O)C(C(C)C)NC2=O)c2ccccc2)[nH]c2ccccc12. The van der Waals surface area contributed by atoms with Gasteiger partial charge in [-0.25, -0.2) is 0 Å². The number of ether oxygens (including phenoxy) is 1. The lowest BCUT2D eigenvalue weighted by Gasteiger charge is -2.19. The van der Waals surface area contributed by atoms with Crippen LogP contribution in [0.2, 0.25) is 0 Å². The van der Waals surface area contributed by atoms with Crippen LogP contribution in [0.5, 0.6) is 0 Å². The average molecular weight is 433 g/mol. The predicted octanol–water partition coefficient (Wildman–Crippen LogP) is 4.37. The maximum Gasteiger partial charge on any atom is 0.310 e. The van der Waals surface area contributed by atoms with Crippen molar-refractivity contribution in [3.05, 3.63) is 82.8 Å². The maximum absolute atomic E-state index is 13.1.